The molecule has 0 amide bonds. The summed E-state index contributed by atoms with van der Waals surface area (Å²) in [5, 5.41) is 0.783. The van der Waals surface area contributed by atoms with Gasteiger partial charge in [-0.05, 0) is 48.7 Å². The van der Waals surface area contributed by atoms with Gasteiger partial charge >= 0.3 is 0 Å². The summed E-state index contributed by atoms with van der Waals surface area (Å²) in [4.78, 5) is 15.4. The number of aromatic nitrogens is 3. The Morgan fingerprint density at radius 2 is 1.92 bits per heavy atom. The van der Waals surface area contributed by atoms with Crippen LogP contribution in [0.15, 0.2) is 53.9 Å². The average molecular weight is 368 g/mol. The Hall–Kier alpha value is -2.54. The second kappa shape index (κ2) is 6.64. The van der Waals surface area contributed by atoms with Crippen LogP contribution >= 0.6 is 0 Å². The van der Waals surface area contributed by atoms with Crippen LogP contribution in [0.5, 0.6) is 0 Å². The maximum atomic E-state index is 11.9. The largest absolute Gasteiger partial charge is 0.355 e. The molecule has 0 aliphatic carbocycles. The molecular formula is C19H20N4O2S. The predicted octanol–water partition coefficient (Wildman–Crippen LogP) is 2.81. The summed E-state index contributed by atoms with van der Waals surface area (Å²) in [6, 6.07) is 9.17. The van der Waals surface area contributed by atoms with E-state index in [4.69, 9.17) is 0 Å². The van der Waals surface area contributed by atoms with Crippen LogP contribution in [0, 0.1) is 0 Å². The van der Waals surface area contributed by atoms with Gasteiger partial charge in [-0.1, -0.05) is 0 Å². The minimum Gasteiger partial charge on any atom is -0.355 e. The van der Waals surface area contributed by atoms with E-state index in [1.807, 2.05) is 12.4 Å². The van der Waals surface area contributed by atoms with E-state index < -0.39 is 9.84 Å². The van der Waals surface area contributed by atoms with Crippen LogP contribution in [0.2, 0.25) is 0 Å². The highest BCUT2D eigenvalue weighted by atomic mass is 32.2. The van der Waals surface area contributed by atoms with Crippen LogP contribution in [0.3, 0.4) is 0 Å². The molecule has 4 rings (SSSR count). The van der Waals surface area contributed by atoms with E-state index in [9.17, 15) is 8.42 Å². The SMILES string of the molecule is CS(=O)(=O)c1ccc2ncnc(N3CCCC(c4ccncc4)C3)c2c1. The Balaban J connectivity index is 1.73. The van der Waals surface area contributed by atoms with Crippen molar-refractivity contribution in [3.8, 4) is 0 Å². The van der Waals surface area contributed by atoms with Crippen molar-refractivity contribution in [2.75, 3.05) is 24.2 Å². The van der Waals surface area contributed by atoms with Gasteiger partial charge in [0.25, 0.3) is 0 Å². The van der Waals surface area contributed by atoms with Gasteiger partial charge < -0.3 is 4.90 Å². The van der Waals surface area contributed by atoms with Crippen molar-refractivity contribution in [2.45, 2.75) is 23.7 Å². The summed E-state index contributed by atoms with van der Waals surface area (Å²) in [6.45, 7) is 1.75. The van der Waals surface area contributed by atoms with Gasteiger partial charge in [-0.25, -0.2) is 18.4 Å². The molecule has 1 fully saturated rings. The van der Waals surface area contributed by atoms with Crippen LogP contribution in [0.1, 0.15) is 24.3 Å². The lowest BCUT2D eigenvalue weighted by Crippen LogP contribution is -2.35. The normalized spacial score (nSPS) is 18.2. The molecule has 1 aromatic carbocycles. The lowest BCUT2D eigenvalue weighted by atomic mass is 9.91. The summed E-state index contributed by atoms with van der Waals surface area (Å²) in [5.41, 5.74) is 2.04. The number of hydrogen-bond donors (Lipinski definition) is 0. The molecule has 1 aliphatic heterocycles. The molecule has 26 heavy (non-hydrogen) atoms. The van der Waals surface area contributed by atoms with Crippen molar-refractivity contribution < 1.29 is 8.42 Å². The zero-order valence-corrected chi connectivity index (χ0v) is 15.4. The summed E-state index contributed by atoms with van der Waals surface area (Å²) in [5.74, 6) is 1.22. The van der Waals surface area contributed by atoms with Crippen molar-refractivity contribution in [3.63, 3.8) is 0 Å². The van der Waals surface area contributed by atoms with E-state index in [1.165, 1.54) is 11.8 Å². The molecular weight excluding hydrogens is 348 g/mol. The molecule has 1 unspecified atom stereocenters. The third-order valence-electron chi connectivity index (χ3n) is 4.91. The quantitative estimate of drug-likeness (QED) is 0.708. The van der Waals surface area contributed by atoms with Gasteiger partial charge in [-0.2, -0.15) is 0 Å². The first-order valence-corrected chi connectivity index (χ1v) is 10.5. The van der Waals surface area contributed by atoms with Crippen molar-refractivity contribution in [1.82, 2.24) is 15.0 Å². The number of fused-ring (bicyclic) bond motifs is 1. The highest BCUT2D eigenvalue weighted by Crippen LogP contribution is 2.32. The summed E-state index contributed by atoms with van der Waals surface area (Å²) in [7, 11) is -3.28. The molecule has 0 bridgehead atoms. The van der Waals surface area contributed by atoms with Crippen LogP contribution in [0.25, 0.3) is 10.9 Å². The van der Waals surface area contributed by atoms with Gasteiger partial charge in [0.1, 0.15) is 12.1 Å². The third-order valence-corrected chi connectivity index (χ3v) is 6.02. The van der Waals surface area contributed by atoms with Crippen LogP contribution < -0.4 is 4.90 Å². The fourth-order valence-electron chi connectivity index (χ4n) is 3.58. The highest BCUT2D eigenvalue weighted by molar-refractivity contribution is 7.90. The van der Waals surface area contributed by atoms with Crippen molar-refractivity contribution >= 4 is 26.6 Å². The maximum Gasteiger partial charge on any atom is 0.175 e. The smallest absolute Gasteiger partial charge is 0.175 e. The molecule has 7 heteroatoms. The van der Waals surface area contributed by atoms with Gasteiger partial charge in [-0.3, -0.25) is 4.98 Å². The van der Waals surface area contributed by atoms with Gasteiger partial charge in [0.05, 0.1) is 10.4 Å². The van der Waals surface area contributed by atoms with Crippen molar-refractivity contribution in [2.24, 2.45) is 0 Å². The minimum atomic E-state index is -3.28. The average Bonchev–Trinajstić information content (AvgIpc) is 2.67. The Labute approximate surface area is 152 Å². The molecule has 1 atom stereocenters. The molecule has 3 aromatic rings. The molecule has 0 spiro atoms. The second-order valence-electron chi connectivity index (χ2n) is 6.71. The highest BCUT2D eigenvalue weighted by Gasteiger charge is 2.24. The molecule has 3 heterocycles. The topological polar surface area (TPSA) is 76.1 Å². The Bertz CT molecular complexity index is 1040. The molecule has 134 valence electrons. The monoisotopic (exact) mass is 368 g/mol. The maximum absolute atomic E-state index is 11.9. The first-order valence-electron chi connectivity index (χ1n) is 8.62. The second-order valence-corrected chi connectivity index (χ2v) is 8.73. The Kier molecular flexibility index (Phi) is 4.32. The summed E-state index contributed by atoms with van der Waals surface area (Å²) >= 11 is 0. The van der Waals surface area contributed by atoms with Crippen LogP contribution in [-0.2, 0) is 9.84 Å². The van der Waals surface area contributed by atoms with Gasteiger partial charge in [0, 0.05) is 43.0 Å². The summed E-state index contributed by atoms with van der Waals surface area (Å²) < 4.78 is 23.9. The van der Waals surface area contributed by atoms with Crippen molar-refractivity contribution in [1.29, 1.82) is 0 Å². The first-order chi connectivity index (χ1) is 12.5. The number of pyridine rings is 1. The fraction of sp³-hybridized carbons (Fsp3) is 0.316. The zero-order chi connectivity index (χ0) is 18.1. The molecule has 1 aliphatic rings. The Morgan fingerprint density at radius 1 is 1.12 bits per heavy atom. The molecule has 6 nitrogen and oxygen atoms in total. The van der Waals surface area contributed by atoms with Gasteiger partial charge in [-0.15, -0.1) is 0 Å². The predicted molar refractivity (Wildman–Crippen MR) is 101 cm³/mol. The number of benzene rings is 1. The number of rotatable bonds is 3. The summed E-state index contributed by atoms with van der Waals surface area (Å²) in [6.07, 6.45) is 8.60. The zero-order valence-electron chi connectivity index (χ0n) is 14.5. The fourth-order valence-corrected chi connectivity index (χ4v) is 4.23. The van der Waals surface area contributed by atoms with E-state index in [1.54, 1.807) is 24.5 Å². The number of nitrogens with zero attached hydrogens (tertiary/aromatic N) is 4. The third kappa shape index (κ3) is 3.26. The molecule has 0 N–H and O–H groups in total. The van der Waals surface area contributed by atoms with E-state index in [-0.39, 0.29) is 0 Å². The lowest BCUT2D eigenvalue weighted by Gasteiger charge is -2.34. The van der Waals surface area contributed by atoms with Crippen LogP contribution in [-0.4, -0.2) is 42.7 Å². The first kappa shape index (κ1) is 16.9. The lowest BCUT2D eigenvalue weighted by molar-refractivity contribution is 0.507. The van der Waals surface area contributed by atoms with Crippen molar-refractivity contribution in [3.05, 3.63) is 54.6 Å². The van der Waals surface area contributed by atoms with E-state index in [2.05, 4.69) is 32.0 Å². The molecule has 0 radical (unpaired) electrons. The molecule has 1 saturated heterocycles. The standard InChI is InChI=1S/C19H20N4O2S/c1-26(24,25)16-4-5-18-17(11-16)19(22-13-21-18)23-10-2-3-15(12-23)14-6-8-20-9-7-14/h4-9,11,13,15H,2-3,10,12H2,1H3. The molecule has 2 aromatic heterocycles. The van der Waals surface area contributed by atoms with E-state index in [0.717, 1.165) is 42.7 Å². The van der Waals surface area contributed by atoms with E-state index >= 15 is 0 Å². The van der Waals surface area contributed by atoms with Crippen LogP contribution in [0.4, 0.5) is 5.82 Å². The van der Waals surface area contributed by atoms with Gasteiger partial charge in [0.15, 0.2) is 9.84 Å². The number of hydrogen-bond acceptors (Lipinski definition) is 6. The van der Waals surface area contributed by atoms with E-state index in [0.29, 0.717) is 10.8 Å². The number of anilines is 1. The van der Waals surface area contributed by atoms with Gasteiger partial charge in [0.2, 0.25) is 0 Å². The minimum absolute atomic E-state index is 0.295. The number of piperidine rings is 1. The number of sulfone groups is 1. The Morgan fingerprint density at radius 3 is 2.69 bits per heavy atom. The molecule has 0 saturated carbocycles.